The first kappa shape index (κ1) is 12.0. The number of nitrogens with zero attached hydrogens (tertiary/aromatic N) is 1. The third-order valence-electron chi connectivity index (χ3n) is 2.18. The highest BCUT2D eigenvalue weighted by Gasteiger charge is 2.28. The number of rotatable bonds is 1. The molecule has 15 heavy (non-hydrogen) atoms. The highest BCUT2D eigenvalue weighted by atomic mass is 16.6. The highest BCUT2D eigenvalue weighted by molar-refractivity contribution is 5.69. The van der Waals surface area contributed by atoms with E-state index in [4.69, 9.17) is 4.74 Å². The van der Waals surface area contributed by atoms with Gasteiger partial charge in [-0.2, -0.15) is 0 Å². The lowest BCUT2D eigenvalue weighted by molar-refractivity contribution is 0.0168. The van der Waals surface area contributed by atoms with Crippen LogP contribution >= 0.6 is 0 Å². The third kappa shape index (κ3) is 3.55. The van der Waals surface area contributed by atoms with Gasteiger partial charge in [-0.3, -0.25) is 4.90 Å². The Bertz CT molecular complexity index is 245. The molecule has 0 saturated carbocycles. The third-order valence-corrected chi connectivity index (χ3v) is 2.18. The van der Waals surface area contributed by atoms with Crippen LogP contribution in [0.15, 0.2) is 12.7 Å². The van der Waals surface area contributed by atoms with Crippen molar-refractivity contribution >= 4 is 6.09 Å². The Labute approximate surface area is 91.3 Å². The van der Waals surface area contributed by atoms with Crippen molar-refractivity contribution in [3.63, 3.8) is 0 Å². The van der Waals surface area contributed by atoms with E-state index in [0.29, 0.717) is 6.54 Å². The minimum absolute atomic E-state index is 0.0357. The smallest absolute Gasteiger partial charge is 0.410 e. The number of hydrogen-bond donors (Lipinski definition) is 1. The van der Waals surface area contributed by atoms with Crippen molar-refractivity contribution in [2.24, 2.45) is 0 Å². The molecule has 0 bridgehead atoms. The van der Waals surface area contributed by atoms with Crippen LogP contribution in [0.2, 0.25) is 0 Å². The van der Waals surface area contributed by atoms with Gasteiger partial charge in [-0.25, -0.2) is 4.79 Å². The van der Waals surface area contributed by atoms with Crippen LogP contribution in [0, 0.1) is 0 Å². The summed E-state index contributed by atoms with van der Waals surface area (Å²) in [5, 5.41) is 3.21. The zero-order chi connectivity index (χ0) is 11.5. The second-order valence-electron chi connectivity index (χ2n) is 4.68. The molecule has 1 rings (SSSR count). The molecule has 4 nitrogen and oxygen atoms in total. The first-order valence-corrected chi connectivity index (χ1v) is 5.27. The van der Waals surface area contributed by atoms with Crippen molar-refractivity contribution in [3.05, 3.63) is 12.7 Å². The molecule has 1 aliphatic heterocycles. The molecule has 1 heterocycles. The lowest BCUT2D eigenvalue weighted by atomic mass is 10.2. The van der Waals surface area contributed by atoms with Crippen LogP contribution in [0.4, 0.5) is 4.79 Å². The van der Waals surface area contributed by atoms with E-state index in [9.17, 15) is 4.79 Å². The van der Waals surface area contributed by atoms with Gasteiger partial charge in [0.05, 0.1) is 6.04 Å². The van der Waals surface area contributed by atoms with Gasteiger partial charge in [0.25, 0.3) is 0 Å². The number of carbonyl (C=O) groups excluding carboxylic acids is 1. The summed E-state index contributed by atoms with van der Waals surface area (Å²) in [6.07, 6.45) is 1.52. The van der Waals surface area contributed by atoms with E-state index >= 15 is 0 Å². The Morgan fingerprint density at radius 1 is 1.60 bits per heavy atom. The van der Waals surface area contributed by atoms with Crippen molar-refractivity contribution in [1.29, 1.82) is 0 Å². The molecule has 0 aromatic heterocycles. The first-order chi connectivity index (χ1) is 6.94. The van der Waals surface area contributed by atoms with E-state index in [1.807, 2.05) is 20.8 Å². The van der Waals surface area contributed by atoms with Crippen LogP contribution in [-0.4, -0.2) is 42.3 Å². The fourth-order valence-electron chi connectivity index (χ4n) is 1.48. The average molecular weight is 212 g/mol. The van der Waals surface area contributed by atoms with E-state index in [1.54, 1.807) is 11.0 Å². The molecule has 1 atom stereocenters. The predicted molar refractivity (Wildman–Crippen MR) is 59.8 cm³/mol. The van der Waals surface area contributed by atoms with Crippen LogP contribution in [0.3, 0.4) is 0 Å². The quantitative estimate of drug-likeness (QED) is 0.668. The van der Waals surface area contributed by atoms with Gasteiger partial charge in [-0.05, 0) is 20.8 Å². The molecule has 0 aliphatic carbocycles. The van der Waals surface area contributed by atoms with Gasteiger partial charge in [0.15, 0.2) is 0 Å². The molecule has 0 unspecified atom stereocenters. The molecule has 4 heteroatoms. The number of nitrogens with one attached hydrogen (secondary N) is 1. The summed E-state index contributed by atoms with van der Waals surface area (Å²) in [5.74, 6) is 0. The summed E-state index contributed by atoms with van der Waals surface area (Å²) in [6, 6.07) is 0.0357. The van der Waals surface area contributed by atoms with Crippen LogP contribution in [-0.2, 0) is 4.74 Å². The lowest BCUT2D eigenvalue weighted by Gasteiger charge is -2.35. The van der Waals surface area contributed by atoms with Crippen LogP contribution < -0.4 is 5.32 Å². The Balaban J connectivity index is 2.60. The lowest BCUT2D eigenvalue weighted by Crippen LogP contribution is -2.53. The van der Waals surface area contributed by atoms with Gasteiger partial charge < -0.3 is 10.1 Å². The van der Waals surface area contributed by atoms with Crippen LogP contribution in [0.1, 0.15) is 20.8 Å². The number of ether oxygens (including phenoxy) is 1. The van der Waals surface area contributed by atoms with Gasteiger partial charge in [0, 0.05) is 19.6 Å². The van der Waals surface area contributed by atoms with Crippen molar-refractivity contribution in [2.45, 2.75) is 32.4 Å². The van der Waals surface area contributed by atoms with E-state index in [1.165, 1.54) is 0 Å². The largest absolute Gasteiger partial charge is 0.444 e. The molecule has 0 radical (unpaired) electrons. The van der Waals surface area contributed by atoms with Crippen LogP contribution in [0.5, 0.6) is 0 Å². The SMILES string of the molecule is C=C[C@H]1CNCCN1C(=O)OC(C)(C)C. The van der Waals surface area contributed by atoms with Crippen molar-refractivity contribution < 1.29 is 9.53 Å². The predicted octanol–water partition coefficient (Wildman–Crippen LogP) is 1.38. The molecule has 1 amide bonds. The molecule has 0 aromatic carbocycles. The monoisotopic (exact) mass is 212 g/mol. The summed E-state index contributed by atoms with van der Waals surface area (Å²) in [7, 11) is 0. The topological polar surface area (TPSA) is 41.6 Å². The molecule has 0 spiro atoms. The summed E-state index contributed by atoms with van der Waals surface area (Å²) in [4.78, 5) is 13.5. The van der Waals surface area contributed by atoms with E-state index in [2.05, 4.69) is 11.9 Å². The Morgan fingerprint density at radius 3 is 2.80 bits per heavy atom. The second-order valence-corrected chi connectivity index (χ2v) is 4.68. The average Bonchev–Trinajstić information content (AvgIpc) is 2.15. The highest BCUT2D eigenvalue weighted by Crippen LogP contribution is 2.13. The normalized spacial score (nSPS) is 22.3. The minimum atomic E-state index is -0.437. The summed E-state index contributed by atoms with van der Waals surface area (Å²) in [5.41, 5.74) is -0.437. The Kier molecular flexibility index (Phi) is 3.74. The number of carbonyl (C=O) groups is 1. The van der Waals surface area contributed by atoms with E-state index in [-0.39, 0.29) is 12.1 Å². The molecular weight excluding hydrogens is 192 g/mol. The Morgan fingerprint density at radius 2 is 2.27 bits per heavy atom. The van der Waals surface area contributed by atoms with Gasteiger partial charge in [-0.1, -0.05) is 6.08 Å². The standard InChI is InChI=1S/C11H20N2O2/c1-5-9-8-12-6-7-13(9)10(14)15-11(2,3)4/h5,9,12H,1,6-8H2,2-4H3/t9-/m0/s1. The molecular formula is C11H20N2O2. The maximum Gasteiger partial charge on any atom is 0.410 e. The maximum atomic E-state index is 11.8. The number of hydrogen-bond acceptors (Lipinski definition) is 3. The zero-order valence-electron chi connectivity index (χ0n) is 9.75. The molecule has 1 aliphatic rings. The maximum absolute atomic E-state index is 11.8. The van der Waals surface area contributed by atoms with E-state index in [0.717, 1.165) is 13.1 Å². The number of piperazine rings is 1. The van der Waals surface area contributed by atoms with E-state index < -0.39 is 5.60 Å². The summed E-state index contributed by atoms with van der Waals surface area (Å²) in [6.45, 7) is 11.6. The van der Waals surface area contributed by atoms with Crippen molar-refractivity contribution in [1.82, 2.24) is 10.2 Å². The molecule has 1 saturated heterocycles. The first-order valence-electron chi connectivity index (χ1n) is 5.27. The van der Waals surface area contributed by atoms with Gasteiger partial charge in [0.1, 0.15) is 5.60 Å². The van der Waals surface area contributed by atoms with Crippen LogP contribution in [0.25, 0.3) is 0 Å². The van der Waals surface area contributed by atoms with Gasteiger partial charge in [-0.15, -0.1) is 6.58 Å². The molecule has 0 aromatic rings. The molecule has 1 N–H and O–H groups in total. The fraction of sp³-hybridized carbons (Fsp3) is 0.727. The zero-order valence-corrected chi connectivity index (χ0v) is 9.75. The fourth-order valence-corrected chi connectivity index (χ4v) is 1.48. The molecule has 1 fully saturated rings. The summed E-state index contributed by atoms with van der Waals surface area (Å²) < 4.78 is 5.32. The van der Waals surface area contributed by atoms with Gasteiger partial charge in [0.2, 0.25) is 0 Å². The van der Waals surface area contributed by atoms with Crippen molar-refractivity contribution in [2.75, 3.05) is 19.6 Å². The minimum Gasteiger partial charge on any atom is -0.444 e. The van der Waals surface area contributed by atoms with Crippen molar-refractivity contribution in [3.8, 4) is 0 Å². The number of amides is 1. The summed E-state index contributed by atoms with van der Waals surface area (Å²) >= 11 is 0. The molecule has 86 valence electrons. The van der Waals surface area contributed by atoms with Gasteiger partial charge >= 0.3 is 6.09 Å². The second kappa shape index (κ2) is 4.66. The Hall–Kier alpha value is -1.03.